The van der Waals surface area contributed by atoms with Crippen molar-refractivity contribution in [3.63, 3.8) is 0 Å². The van der Waals surface area contributed by atoms with Crippen molar-refractivity contribution in [3.8, 4) is 11.5 Å². The van der Waals surface area contributed by atoms with Gasteiger partial charge in [-0.15, -0.1) is 13.2 Å². The molecule has 9 heteroatoms. The van der Waals surface area contributed by atoms with Crippen LogP contribution in [0.15, 0.2) is 78.9 Å². The molecule has 0 aliphatic rings. The zero-order valence-electron chi connectivity index (χ0n) is 20.3. The van der Waals surface area contributed by atoms with Crippen molar-refractivity contribution in [3.05, 3.63) is 95.7 Å². The van der Waals surface area contributed by atoms with Gasteiger partial charge in [0, 0.05) is 29.6 Å². The Hall–Kier alpha value is -3.98. The number of aromatic nitrogens is 1. The van der Waals surface area contributed by atoms with E-state index in [9.17, 15) is 18.0 Å². The fraction of sp³-hybridized carbons (Fsp3) is 0.250. The van der Waals surface area contributed by atoms with Crippen molar-refractivity contribution in [2.45, 2.75) is 39.3 Å². The molecule has 3 aromatic carbocycles. The Balaban J connectivity index is 1.62. The maximum atomic E-state index is 12.7. The maximum absolute atomic E-state index is 12.7. The van der Waals surface area contributed by atoms with E-state index >= 15 is 0 Å². The van der Waals surface area contributed by atoms with Crippen LogP contribution in [0.4, 0.5) is 13.2 Å². The summed E-state index contributed by atoms with van der Waals surface area (Å²) in [5.41, 5.74) is 8.38. The number of halogens is 3. The molecular formula is C28H28F3N3O3. The van der Waals surface area contributed by atoms with E-state index in [2.05, 4.69) is 22.5 Å². The second-order valence-electron chi connectivity index (χ2n) is 8.53. The van der Waals surface area contributed by atoms with Crippen molar-refractivity contribution in [2.24, 2.45) is 0 Å². The zero-order valence-corrected chi connectivity index (χ0v) is 20.3. The largest absolute Gasteiger partial charge is 0.573 e. The van der Waals surface area contributed by atoms with E-state index in [-0.39, 0.29) is 24.8 Å². The number of nitrogens with zero attached hydrogens (tertiary/aromatic N) is 1. The molecule has 0 bridgehead atoms. The molecule has 1 amide bonds. The van der Waals surface area contributed by atoms with Crippen LogP contribution < -0.4 is 20.3 Å². The van der Waals surface area contributed by atoms with Crippen molar-refractivity contribution >= 4 is 16.8 Å². The number of unbranched alkanes of at least 4 members (excludes halogenated alkanes) is 1. The van der Waals surface area contributed by atoms with Gasteiger partial charge >= 0.3 is 6.36 Å². The minimum atomic E-state index is -4.77. The summed E-state index contributed by atoms with van der Waals surface area (Å²) < 4.78 is 50.2. The minimum absolute atomic E-state index is 0.234. The summed E-state index contributed by atoms with van der Waals surface area (Å²) in [4.78, 5) is 12.6. The molecule has 0 unspecified atom stereocenters. The number of alkyl halides is 3. The number of para-hydroxylation sites is 1. The van der Waals surface area contributed by atoms with Gasteiger partial charge in [-0.05, 0) is 60.5 Å². The number of carbonyl (C=O) groups is 1. The first-order chi connectivity index (χ1) is 17.8. The van der Waals surface area contributed by atoms with Crippen LogP contribution in [0, 0.1) is 0 Å². The van der Waals surface area contributed by atoms with Crippen LogP contribution in [0.1, 0.15) is 41.4 Å². The standard InChI is InChI=1S/C28H28F3N3O3/c1-2-3-14-32-33-27(35)21-12-13-26-22(16-21)17-23(19-36-24-9-5-4-6-10-24)34(26)18-20-8-7-11-25(15-20)37-28(29,30)31/h4-13,15-17,32H,2-3,14,18-19H2,1H3,(H,33,35). The van der Waals surface area contributed by atoms with E-state index in [1.807, 2.05) is 47.0 Å². The molecule has 0 saturated heterocycles. The van der Waals surface area contributed by atoms with Gasteiger partial charge < -0.3 is 14.0 Å². The van der Waals surface area contributed by atoms with E-state index < -0.39 is 6.36 Å². The number of benzene rings is 3. The lowest BCUT2D eigenvalue weighted by Gasteiger charge is -2.14. The second kappa shape index (κ2) is 11.8. The molecule has 2 N–H and O–H groups in total. The molecule has 1 heterocycles. The van der Waals surface area contributed by atoms with Crippen LogP contribution >= 0.6 is 0 Å². The molecule has 4 rings (SSSR count). The molecule has 0 spiro atoms. The van der Waals surface area contributed by atoms with Gasteiger partial charge in [0.2, 0.25) is 0 Å². The van der Waals surface area contributed by atoms with E-state index in [0.29, 0.717) is 23.4 Å². The Kier molecular flexibility index (Phi) is 8.35. The topological polar surface area (TPSA) is 64.5 Å². The van der Waals surface area contributed by atoms with Crippen molar-refractivity contribution in [1.82, 2.24) is 15.4 Å². The van der Waals surface area contributed by atoms with Crippen LogP contribution in [0.2, 0.25) is 0 Å². The normalized spacial score (nSPS) is 11.5. The second-order valence-corrected chi connectivity index (χ2v) is 8.53. The summed E-state index contributed by atoms with van der Waals surface area (Å²) in [6.45, 7) is 3.27. The first-order valence-corrected chi connectivity index (χ1v) is 12.0. The smallest absolute Gasteiger partial charge is 0.487 e. The van der Waals surface area contributed by atoms with Gasteiger partial charge in [-0.25, -0.2) is 5.43 Å². The van der Waals surface area contributed by atoms with Gasteiger partial charge in [0.1, 0.15) is 18.1 Å². The van der Waals surface area contributed by atoms with E-state index in [4.69, 9.17) is 4.74 Å². The fourth-order valence-corrected chi connectivity index (χ4v) is 3.95. The third-order valence-electron chi connectivity index (χ3n) is 5.71. The third-order valence-corrected chi connectivity index (χ3v) is 5.71. The van der Waals surface area contributed by atoms with Crippen LogP contribution in [0.5, 0.6) is 11.5 Å². The average Bonchev–Trinajstić information content (AvgIpc) is 3.21. The Bertz CT molecular complexity index is 1340. The number of rotatable bonds is 11. The molecule has 0 saturated carbocycles. The van der Waals surface area contributed by atoms with E-state index in [1.54, 1.807) is 18.2 Å². The molecule has 0 aliphatic heterocycles. The quantitative estimate of drug-likeness (QED) is 0.186. The highest BCUT2D eigenvalue weighted by Crippen LogP contribution is 2.27. The highest BCUT2D eigenvalue weighted by Gasteiger charge is 2.31. The van der Waals surface area contributed by atoms with Crippen molar-refractivity contribution in [1.29, 1.82) is 0 Å². The number of hydrazine groups is 1. The van der Waals surface area contributed by atoms with Gasteiger partial charge in [0.05, 0.1) is 5.69 Å². The van der Waals surface area contributed by atoms with Gasteiger partial charge in [-0.2, -0.15) is 0 Å². The number of carbonyl (C=O) groups excluding carboxylic acids is 1. The summed E-state index contributed by atoms with van der Waals surface area (Å²) in [6.07, 6.45) is -2.81. The number of fused-ring (bicyclic) bond motifs is 1. The molecule has 4 aromatic rings. The Morgan fingerprint density at radius 1 is 0.946 bits per heavy atom. The molecular weight excluding hydrogens is 483 g/mol. The summed E-state index contributed by atoms with van der Waals surface area (Å²) in [5, 5.41) is 0.815. The fourth-order valence-electron chi connectivity index (χ4n) is 3.95. The summed E-state index contributed by atoms with van der Waals surface area (Å²) in [6, 6.07) is 22.5. The average molecular weight is 512 g/mol. The minimum Gasteiger partial charge on any atom is -0.487 e. The maximum Gasteiger partial charge on any atom is 0.573 e. The predicted octanol–water partition coefficient (Wildman–Crippen LogP) is 6.20. The Morgan fingerprint density at radius 3 is 2.49 bits per heavy atom. The zero-order chi connectivity index (χ0) is 26.3. The molecule has 1 aromatic heterocycles. The highest BCUT2D eigenvalue weighted by atomic mass is 19.4. The number of hydrogen-bond acceptors (Lipinski definition) is 4. The molecule has 194 valence electrons. The van der Waals surface area contributed by atoms with Crippen LogP contribution in [-0.4, -0.2) is 23.4 Å². The summed E-state index contributed by atoms with van der Waals surface area (Å²) in [7, 11) is 0. The van der Waals surface area contributed by atoms with Gasteiger partial charge in [-0.3, -0.25) is 10.2 Å². The number of nitrogens with one attached hydrogen (secondary N) is 2. The van der Waals surface area contributed by atoms with Gasteiger partial charge in [-0.1, -0.05) is 43.7 Å². The molecule has 6 nitrogen and oxygen atoms in total. The van der Waals surface area contributed by atoms with Crippen LogP contribution in [0.3, 0.4) is 0 Å². The van der Waals surface area contributed by atoms with Crippen molar-refractivity contribution < 1.29 is 27.4 Å². The molecule has 0 radical (unpaired) electrons. The number of amides is 1. The first-order valence-electron chi connectivity index (χ1n) is 12.0. The Labute approximate surface area is 213 Å². The number of ether oxygens (including phenoxy) is 2. The summed E-state index contributed by atoms with van der Waals surface area (Å²) in [5.74, 6) is 0.168. The highest BCUT2D eigenvalue weighted by molar-refractivity contribution is 5.98. The van der Waals surface area contributed by atoms with E-state index in [0.717, 1.165) is 29.4 Å². The lowest BCUT2D eigenvalue weighted by Crippen LogP contribution is -2.37. The van der Waals surface area contributed by atoms with Gasteiger partial charge in [0.15, 0.2) is 0 Å². The van der Waals surface area contributed by atoms with Gasteiger partial charge in [0.25, 0.3) is 5.91 Å². The monoisotopic (exact) mass is 511 g/mol. The predicted molar refractivity (Wildman–Crippen MR) is 135 cm³/mol. The lowest BCUT2D eigenvalue weighted by molar-refractivity contribution is -0.274. The molecule has 0 aliphatic carbocycles. The lowest BCUT2D eigenvalue weighted by atomic mass is 10.1. The van der Waals surface area contributed by atoms with E-state index in [1.165, 1.54) is 18.2 Å². The molecule has 0 fully saturated rings. The number of hydrogen-bond donors (Lipinski definition) is 2. The molecule has 37 heavy (non-hydrogen) atoms. The third kappa shape index (κ3) is 7.27. The first kappa shape index (κ1) is 26.1. The van der Waals surface area contributed by atoms with Crippen LogP contribution in [0.25, 0.3) is 10.9 Å². The molecule has 0 atom stereocenters. The van der Waals surface area contributed by atoms with Crippen molar-refractivity contribution in [2.75, 3.05) is 6.54 Å². The van der Waals surface area contributed by atoms with Crippen LogP contribution in [-0.2, 0) is 13.2 Å². The SMILES string of the molecule is CCCCNNC(=O)c1ccc2c(c1)cc(COc1ccccc1)n2Cc1cccc(OC(F)(F)F)c1. The Morgan fingerprint density at radius 2 is 1.73 bits per heavy atom. The summed E-state index contributed by atoms with van der Waals surface area (Å²) >= 11 is 0.